The van der Waals surface area contributed by atoms with Crippen molar-refractivity contribution in [2.75, 3.05) is 12.4 Å². The van der Waals surface area contributed by atoms with Crippen molar-refractivity contribution in [3.8, 4) is 0 Å². The highest BCUT2D eigenvalue weighted by Crippen LogP contribution is 2.11. The number of hydrogen-bond donors (Lipinski definition) is 2. The molecule has 0 saturated heterocycles. The number of carbonyl (C=O) groups is 1. The number of amides is 1. The molecule has 0 atom stereocenters. The van der Waals surface area contributed by atoms with E-state index in [0.717, 1.165) is 11.1 Å². The molecule has 0 unspecified atom stereocenters. The molecule has 0 aliphatic heterocycles. The Kier molecular flexibility index (Phi) is 6.15. The number of carbonyl (C=O) groups excluding carboxylic acids is 1. The van der Waals surface area contributed by atoms with Gasteiger partial charge < -0.3 is 15.2 Å². The maximum absolute atomic E-state index is 12.2. The van der Waals surface area contributed by atoms with Crippen LogP contribution in [0.2, 0.25) is 0 Å². The number of aliphatic hydroxyl groups excluding tert-OH is 1. The highest BCUT2D eigenvalue weighted by atomic mass is 16.5. The Bertz CT molecular complexity index is 688. The largest absolute Gasteiger partial charge is 0.491 e. The predicted octanol–water partition coefficient (Wildman–Crippen LogP) is 3.36. The second kappa shape index (κ2) is 8.56. The van der Waals surface area contributed by atoms with Gasteiger partial charge in [0.1, 0.15) is 0 Å². The van der Waals surface area contributed by atoms with Crippen LogP contribution in [0.4, 0.5) is 5.69 Å². The van der Waals surface area contributed by atoms with Crippen LogP contribution >= 0.6 is 0 Å². The van der Waals surface area contributed by atoms with Crippen molar-refractivity contribution < 1.29 is 14.6 Å². The zero-order valence-electron chi connectivity index (χ0n) is 12.9. The van der Waals surface area contributed by atoms with Crippen molar-refractivity contribution in [2.24, 2.45) is 0 Å². The Balaban J connectivity index is 2.02. The van der Waals surface area contributed by atoms with Crippen molar-refractivity contribution in [3.05, 3.63) is 83.6 Å². The highest BCUT2D eigenvalue weighted by molar-refractivity contribution is 6.02. The quantitative estimate of drug-likeness (QED) is 0.489. The maximum atomic E-state index is 12.2. The number of ether oxygens (including phenoxy) is 1. The second-order valence-corrected chi connectivity index (χ2v) is 4.81. The molecule has 0 spiro atoms. The van der Waals surface area contributed by atoms with E-state index in [1.54, 1.807) is 36.4 Å². The summed E-state index contributed by atoms with van der Waals surface area (Å²) in [5.41, 5.74) is 2.47. The minimum atomic E-state index is -0.332. The molecule has 23 heavy (non-hydrogen) atoms. The lowest BCUT2D eigenvalue weighted by atomic mass is 10.2. The topological polar surface area (TPSA) is 58.6 Å². The summed E-state index contributed by atoms with van der Waals surface area (Å²) in [6.45, 7) is -0.0261. The Morgan fingerprint density at radius 2 is 1.83 bits per heavy atom. The molecular weight excluding hydrogens is 290 g/mol. The molecule has 2 rings (SSSR count). The predicted molar refractivity (Wildman–Crippen MR) is 91.6 cm³/mol. The van der Waals surface area contributed by atoms with Gasteiger partial charge in [0.25, 0.3) is 5.91 Å². The number of benzene rings is 2. The van der Waals surface area contributed by atoms with E-state index >= 15 is 0 Å². The van der Waals surface area contributed by atoms with Crippen LogP contribution in [0.1, 0.15) is 11.1 Å². The number of allylic oxidation sites excluding steroid dienone is 2. The molecule has 118 valence electrons. The van der Waals surface area contributed by atoms with E-state index in [2.05, 4.69) is 5.32 Å². The van der Waals surface area contributed by atoms with Crippen molar-refractivity contribution in [3.63, 3.8) is 0 Å². The van der Waals surface area contributed by atoms with Gasteiger partial charge >= 0.3 is 0 Å². The van der Waals surface area contributed by atoms with E-state index in [1.807, 2.05) is 36.4 Å². The maximum Gasteiger partial charge on any atom is 0.290 e. The van der Waals surface area contributed by atoms with Gasteiger partial charge in [-0.15, -0.1) is 0 Å². The third-order valence-corrected chi connectivity index (χ3v) is 3.17. The van der Waals surface area contributed by atoms with Crippen LogP contribution in [0, 0.1) is 0 Å². The zero-order chi connectivity index (χ0) is 16.5. The van der Waals surface area contributed by atoms with Gasteiger partial charge in [0.05, 0.1) is 13.7 Å². The van der Waals surface area contributed by atoms with Gasteiger partial charge in [0.2, 0.25) is 0 Å². The molecule has 0 heterocycles. The smallest absolute Gasteiger partial charge is 0.290 e. The van der Waals surface area contributed by atoms with Gasteiger partial charge in [-0.1, -0.05) is 54.6 Å². The molecule has 2 N–H and O–H groups in total. The first-order valence-electron chi connectivity index (χ1n) is 7.21. The summed E-state index contributed by atoms with van der Waals surface area (Å²) in [4.78, 5) is 12.2. The molecule has 0 aliphatic carbocycles. The van der Waals surface area contributed by atoms with Crippen LogP contribution in [0.5, 0.6) is 0 Å². The molecule has 0 radical (unpaired) electrons. The molecule has 0 bridgehead atoms. The summed E-state index contributed by atoms with van der Waals surface area (Å²) in [5, 5.41) is 11.7. The molecule has 0 aliphatic rings. The third kappa shape index (κ3) is 5.13. The Labute approximate surface area is 135 Å². The average molecular weight is 309 g/mol. The third-order valence-electron chi connectivity index (χ3n) is 3.17. The molecular formula is C19H19NO3. The van der Waals surface area contributed by atoms with E-state index in [0.29, 0.717) is 5.69 Å². The second-order valence-electron chi connectivity index (χ2n) is 4.81. The zero-order valence-corrected chi connectivity index (χ0v) is 12.9. The van der Waals surface area contributed by atoms with E-state index in [1.165, 1.54) is 7.11 Å². The lowest BCUT2D eigenvalue weighted by Crippen LogP contribution is -2.15. The minimum Gasteiger partial charge on any atom is -0.491 e. The van der Waals surface area contributed by atoms with Crippen LogP contribution in [-0.4, -0.2) is 18.1 Å². The van der Waals surface area contributed by atoms with E-state index < -0.39 is 0 Å². The monoisotopic (exact) mass is 309 g/mol. The molecule has 0 aromatic heterocycles. The number of anilines is 1. The Morgan fingerprint density at radius 3 is 2.43 bits per heavy atom. The standard InChI is InChI=1S/C19H19NO3/c1-23-18(9-5-8-15-6-3-2-4-7-15)19(22)20-17-12-10-16(14-21)11-13-17/h2-13,21H,14H2,1H3,(H,20,22)/b8-5+,18-9+. The average Bonchev–Trinajstić information content (AvgIpc) is 2.60. The van der Waals surface area contributed by atoms with Crippen molar-refractivity contribution in [2.45, 2.75) is 6.61 Å². The van der Waals surface area contributed by atoms with E-state index in [9.17, 15) is 4.79 Å². The summed E-state index contributed by atoms with van der Waals surface area (Å²) in [7, 11) is 1.45. The van der Waals surface area contributed by atoms with Gasteiger partial charge in [-0.2, -0.15) is 0 Å². The minimum absolute atomic E-state index is 0.0261. The van der Waals surface area contributed by atoms with Crippen molar-refractivity contribution >= 4 is 17.7 Å². The van der Waals surface area contributed by atoms with Gasteiger partial charge in [-0.3, -0.25) is 4.79 Å². The first-order valence-corrected chi connectivity index (χ1v) is 7.21. The van der Waals surface area contributed by atoms with Gasteiger partial charge in [0, 0.05) is 5.69 Å². The van der Waals surface area contributed by atoms with E-state index in [-0.39, 0.29) is 18.3 Å². The summed E-state index contributed by atoms with van der Waals surface area (Å²) in [5.74, 6) is -0.120. The Morgan fingerprint density at radius 1 is 1.13 bits per heavy atom. The fourth-order valence-electron chi connectivity index (χ4n) is 1.93. The molecule has 1 amide bonds. The summed E-state index contributed by atoms with van der Waals surface area (Å²) < 4.78 is 5.12. The fourth-order valence-corrected chi connectivity index (χ4v) is 1.93. The lowest BCUT2D eigenvalue weighted by molar-refractivity contribution is -0.115. The summed E-state index contributed by atoms with van der Waals surface area (Å²) >= 11 is 0. The number of nitrogens with one attached hydrogen (secondary N) is 1. The normalized spacial score (nSPS) is 11.5. The van der Waals surface area contributed by atoms with Crippen LogP contribution in [-0.2, 0) is 16.1 Å². The lowest BCUT2D eigenvalue weighted by Gasteiger charge is -2.07. The van der Waals surface area contributed by atoms with Crippen molar-refractivity contribution in [1.29, 1.82) is 0 Å². The molecule has 0 saturated carbocycles. The summed E-state index contributed by atoms with van der Waals surface area (Å²) in [6, 6.07) is 16.8. The first-order chi connectivity index (χ1) is 11.2. The molecule has 4 nitrogen and oxygen atoms in total. The molecule has 0 fully saturated rings. The first kappa shape index (κ1) is 16.5. The van der Waals surface area contributed by atoms with Crippen LogP contribution in [0.15, 0.2) is 72.5 Å². The Hall–Kier alpha value is -2.85. The number of hydrogen-bond acceptors (Lipinski definition) is 3. The number of aliphatic hydroxyl groups is 1. The van der Waals surface area contributed by atoms with Crippen LogP contribution in [0.3, 0.4) is 0 Å². The van der Waals surface area contributed by atoms with Crippen LogP contribution < -0.4 is 5.32 Å². The highest BCUT2D eigenvalue weighted by Gasteiger charge is 2.08. The summed E-state index contributed by atoms with van der Waals surface area (Å²) in [6.07, 6.45) is 5.27. The SMILES string of the molecule is CO/C(=C/C=C/c1ccccc1)C(=O)Nc1ccc(CO)cc1. The molecule has 4 heteroatoms. The number of rotatable bonds is 6. The van der Waals surface area contributed by atoms with Crippen molar-refractivity contribution in [1.82, 2.24) is 0 Å². The van der Waals surface area contributed by atoms with E-state index in [4.69, 9.17) is 9.84 Å². The van der Waals surface area contributed by atoms with Gasteiger partial charge in [0.15, 0.2) is 5.76 Å². The van der Waals surface area contributed by atoms with Gasteiger partial charge in [-0.05, 0) is 29.3 Å². The fraction of sp³-hybridized carbons (Fsp3) is 0.105. The van der Waals surface area contributed by atoms with Crippen LogP contribution in [0.25, 0.3) is 6.08 Å². The molecule has 2 aromatic carbocycles. The number of methoxy groups -OCH3 is 1. The molecule has 2 aromatic rings. The van der Waals surface area contributed by atoms with Gasteiger partial charge in [-0.25, -0.2) is 0 Å².